The Kier molecular flexibility index (Phi) is 3.19. The van der Waals surface area contributed by atoms with E-state index < -0.39 is 5.60 Å². The largest absolute Gasteiger partial charge is 0.386 e. The van der Waals surface area contributed by atoms with E-state index in [1.807, 2.05) is 26.8 Å². The summed E-state index contributed by atoms with van der Waals surface area (Å²) in [5.41, 5.74) is 1.29. The summed E-state index contributed by atoms with van der Waals surface area (Å²) in [6.07, 6.45) is 0. The second kappa shape index (κ2) is 3.93. The zero-order valence-corrected chi connectivity index (χ0v) is 10.1. The van der Waals surface area contributed by atoms with Crippen molar-refractivity contribution in [3.05, 3.63) is 34.6 Å². The predicted molar refractivity (Wildman–Crippen MR) is 60.5 cm³/mol. The van der Waals surface area contributed by atoms with Gasteiger partial charge in [0.25, 0.3) is 0 Å². The summed E-state index contributed by atoms with van der Waals surface area (Å²) in [4.78, 5) is 0. The quantitative estimate of drug-likeness (QED) is 0.792. The normalized spacial score (nSPS) is 12.3. The molecule has 1 aromatic rings. The molecule has 84 valence electrons. The van der Waals surface area contributed by atoms with E-state index in [0.29, 0.717) is 5.56 Å². The van der Waals surface area contributed by atoms with E-state index in [1.54, 1.807) is 13.8 Å². The molecule has 1 nitrogen and oxygen atoms in total. The van der Waals surface area contributed by atoms with E-state index in [2.05, 4.69) is 0 Å². The summed E-state index contributed by atoms with van der Waals surface area (Å²) >= 11 is 0. The molecule has 0 unspecified atom stereocenters. The number of rotatable bonds is 2. The van der Waals surface area contributed by atoms with Gasteiger partial charge in [0, 0.05) is 0 Å². The molecule has 0 saturated heterocycles. The van der Waals surface area contributed by atoms with Crippen molar-refractivity contribution in [1.29, 1.82) is 0 Å². The molecule has 0 aliphatic rings. The van der Waals surface area contributed by atoms with E-state index in [4.69, 9.17) is 0 Å². The highest BCUT2D eigenvalue weighted by Gasteiger charge is 2.20. The molecule has 0 aromatic heterocycles. The molecule has 0 aliphatic carbocycles. The Balaban J connectivity index is 3.32. The molecule has 1 N–H and O–H groups in total. The molecule has 1 rings (SSSR count). The zero-order chi connectivity index (χ0) is 11.8. The molecule has 0 aliphatic heterocycles. The Morgan fingerprint density at radius 2 is 1.80 bits per heavy atom. The van der Waals surface area contributed by atoms with Crippen LogP contribution in [0.1, 0.15) is 50.3 Å². The standard InChI is InChI=1S/C13H19FO/c1-8(2)12-9(3)6-10(7-11(12)14)13(4,5)15/h6-8,15H,1-5H3. The van der Waals surface area contributed by atoms with Crippen LogP contribution in [-0.2, 0) is 5.60 Å². The number of hydrogen-bond donors (Lipinski definition) is 1. The lowest BCUT2D eigenvalue weighted by atomic mass is 9.90. The molecule has 0 radical (unpaired) electrons. The Bertz CT molecular complexity index is 338. The van der Waals surface area contributed by atoms with Gasteiger partial charge in [-0.1, -0.05) is 19.9 Å². The van der Waals surface area contributed by atoms with Gasteiger partial charge in [0.2, 0.25) is 0 Å². The van der Waals surface area contributed by atoms with Gasteiger partial charge in [-0.2, -0.15) is 0 Å². The van der Waals surface area contributed by atoms with E-state index in [-0.39, 0.29) is 11.7 Å². The first-order valence-corrected chi connectivity index (χ1v) is 5.26. The molecular formula is C13H19FO. The van der Waals surface area contributed by atoms with Crippen molar-refractivity contribution >= 4 is 0 Å². The fourth-order valence-corrected chi connectivity index (χ4v) is 1.84. The predicted octanol–water partition coefficient (Wildman–Crippen LogP) is 3.48. The van der Waals surface area contributed by atoms with Crippen molar-refractivity contribution in [2.45, 2.75) is 46.1 Å². The summed E-state index contributed by atoms with van der Waals surface area (Å²) in [7, 11) is 0. The molecule has 0 atom stereocenters. The number of hydrogen-bond acceptors (Lipinski definition) is 1. The lowest BCUT2D eigenvalue weighted by Crippen LogP contribution is -2.16. The molecule has 0 amide bonds. The van der Waals surface area contributed by atoms with Crippen LogP contribution in [0.3, 0.4) is 0 Å². The van der Waals surface area contributed by atoms with Crippen molar-refractivity contribution in [3.63, 3.8) is 0 Å². The first-order valence-electron chi connectivity index (χ1n) is 5.26. The maximum absolute atomic E-state index is 13.8. The molecule has 0 heterocycles. The number of benzene rings is 1. The van der Waals surface area contributed by atoms with Crippen LogP contribution in [-0.4, -0.2) is 5.11 Å². The topological polar surface area (TPSA) is 20.2 Å². The summed E-state index contributed by atoms with van der Waals surface area (Å²) < 4.78 is 13.8. The van der Waals surface area contributed by atoms with E-state index >= 15 is 0 Å². The van der Waals surface area contributed by atoms with Crippen LogP contribution in [0.25, 0.3) is 0 Å². The van der Waals surface area contributed by atoms with E-state index in [0.717, 1.165) is 11.1 Å². The van der Waals surface area contributed by atoms with Gasteiger partial charge in [-0.3, -0.25) is 0 Å². The summed E-state index contributed by atoms with van der Waals surface area (Å²) in [6.45, 7) is 9.14. The Morgan fingerprint density at radius 1 is 1.27 bits per heavy atom. The lowest BCUT2D eigenvalue weighted by molar-refractivity contribution is 0.0781. The number of aryl methyl sites for hydroxylation is 1. The smallest absolute Gasteiger partial charge is 0.127 e. The number of halogens is 1. The monoisotopic (exact) mass is 210 g/mol. The van der Waals surface area contributed by atoms with Crippen LogP contribution in [0.4, 0.5) is 4.39 Å². The number of aliphatic hydroxyl groups is 1. The van der Waals surface area contributed by atoms with Gasteiger partial charge >= 0.3 is 0 Å². The van der Waals surface area contributed by atoms with E-state index in [9.17, 15) is 9.50 Å². The van der Waals surface area contributed by atoms with Crippen molar-refractivity contribution < 1.29 is 9.50 Å². The molecule has 2 heteroatoms. The third kappa shape index (κ3) is 2.57. The third-order valence-electron chi connectivity index (χ3n) is 2.62. The van der Waals surface area contributed by atoms with Gasteiger partial charge in [0.1, 0.15) is 5.82 Å². The zero-order valence-electron chi connectivity index (χ0n) is 10.1. The second-order valence-corrected chi connectivity index (χ2v) is 4.90. The summed E-state index contributed by atoms with van der Waals surface area (Å²) in [6, 6.07) is 3.29. The maximum atomic E-state index is 13.8. The van der Waals surface area contributed by atoms with Crippen LogP contribution in [0, 0.1) is 12.7 Å². The average Bonchev–Trinajstić information content (AvgIpc) is 1.99. The van der Waals surface area contributed by atoms with Gasteiger partial charge in [-0.15, -0.1) is 0 Å². The highest BCUT2D eigenvalue weighted by Crippen LogP contribution is 2.28. The maximum Gasteiger partial charge on any atom is 0.127 e. The summed E-state index contributed by atoms with van der Waals surface area (Å²) in [5, 5.41) is 9.80. The fourth-order valence-electron chi connectivity index (χ4n) is 1.84. The van der Waals surface area contributed by atoms with Crippen molar-refractivity contribution in [3.8, 4) is 0 Å². The van der Waals surface area contributed by atoms with Crippen molar-refractivity contribution in [1.82, 2.24) is 0 Å². The highest BCUT2D eigenvalue weighted by atomic mass is 19.1. The van der Waals surface area contributed by atoms with Gasteiger partial charge in [-0.05, 0) is 49.4 Å². The van der Waals surface area contributed by atoms with Crippen LogP contribution in [0.5, 0.6) is 0 Å². The van der Waals surface area contributed by atoms with Crippen LogP contribution in [0.2, 0.25) is 0 Å². The Hall–Kier alpha value is -0.890. The second-order valence-electron chi connectivity index (χ2n) is 4.90. The SMILES string of the molecule is Cc1cc(C(C)(C)O)cc(F)c1C(C)C. The minimum absolute atomic E-state index is 0.167. The van der Waals surface area contributed by atoms with Crippen molar-refractivity contribution in [2.24, 2.45) is 0 Å². The molecule has 0 spiro atoms. The molecule has 0 saturated carbocycles. The van der Waals surface area contributed by atoms with Crippen LogP contribution < -0.4 is 0 Å². The Labute approximate surface area is 90.9 Å². The average molecular weight is 210 g/mol. The van der Waals surface area contributed by atoms with Crippen LogP contribution in [0.15, 0.2) is 12.1 Å². The first-order chi connectivity index (χ1) is 6.73. The van der Waals surface area contributed by atoms with Gasteiger partial charge in [0.15, 0.2) is 0 Å². The summed E-state index contributed by atoms with van der Waals surface area (Å²) in [5.74, 6) is -0.0528. The van der Waals surface area contributed by atoms with Gasteiger partial charge in [-0.25, -0.2) is 4.39 Å². The van der Waals surface area contributed by atoms with Gasteiger partial charge in [0.05, 0.1) is 5.60 Å². The van der Waals surface area contributed by atoms with Crippen molar-refractivity contribution in [2.75, 3.05) is 0 Å². The molecule has 1 aromatic carbocycles. The highest BCUT2D eigenvalue weighted by molar-refractivity contribution is 5.36. The fraction of sp³-hybridized carbons (Fsp3) is 0.538. The molecule has 0 bridgehead atoms. The van der Waals surface area contributed by atoms with E-state index in [1.165, 1.54) is 6.07 Å². The minimum Gasteiger partial charge on any atom is -0.386 e. The molecule has 0 fully saturated rings. The molecule has 15 heavy (non-hydrogen) atoms. The van der Waals surface area contributed by atoms with Crippen LogP contribution >= 0.6 is 0 Å². The minimum atomic E-state index is -0.985. The third-order valence-corrected chi connectivity index (χ3v) is 2.62. The Morgan fingerprint density at radius 3 is 2.13 bits per heavy atom. The lowest BCUT2D eigenvalue weighted by Gasteiger charge is -2.21. The van der Waals surface area contributed by atoms with Gasteiger partial charge < -0.3 is 5.11 Å². The molecular weight excluding hydrogens is 191 g/mol. The first kappa shape index (κ1) is 12.2.